The molecule has 2 aliphatic carbocycles. The lowest BCUT2D eigenvalue weighted by atomic mass is 9.50. The van der Waals surface area contributed by atoms with Gasteiger partial charge in [0.05, 0.1) is 47.2 Å². The molecule has 12 heteroatoms. The number of carbonyl (C=O) groups excluding carboxylic acids is 4. The minimum absolute atomic E-state index is 0.0997. The molecule has 2 aliphatic heterocycles. The van der Waals surface area contributed by atoms with E-state index in [2.05, 4.69) is 12.0 Å². The highest BCUT2D eigenvalue weighted by atomic mass is 35.5. The van der Waals surface area contributed by atoms with Gasteiger partial charge in [-0.15, -0.1) is 0 Å². The first kappa shape index (κ1) is 34.0. The van der Waals surface area contributed by atoms with Gasteiger partial charge in [0.1, 0.15) is 29.3 Å². The lowest BCUT2D eigenvalue weighted by Gasteiger charge is -2.49. The van der Waals surface area contributed by atoms with Crippen LogP contribution in [-0.2, 0) is 31.2 Å². The van der Waals surface area contributed by atoms with Crippen LogP contribution < -0.4 is 15.1 Å². The molecule has 6 atom stereocenters. The second-order valence-electron chi connectivity index (χ2n) is 13.5. The Morgan fingerprint density at radius 1 is 0.962 bits per heavy atom. The summed E-state index contributed by atoms with van der Waals surface area (Å²) in [5.74, 6) is -4.51. The summed E-state index contributed by atoms with van der Waals surface area (Å²) in [6.07, 6.45) is 3.97. The second kappa shape index (κ2) is 12.8. The van der Waals surface area contributed by atoms with Crippen molar-refractivity contribution in [2.24, 2.45) is 23.7 Å². The Hall–Kier alpha value is -5.16. The summed E-state index contributed by atoms with van der Waals surface area (Å²) in [6.45, 7) is 3.40. The van der Waals surface area contributed by atoms with Crippen LogP contribution in [0.3, 0.4) is 0 Å². The number of fused-ring (bicyclic) bond motifs is 4. The van der Waals surface area contributed by atoms with Crippen LogP contribution in [0.4, 0.5) is 11.4 Å². The number of aliphatic hydroxyl groups is 1. The lowest BCUT2D eigenvalue weighted by molar-refractivity contribution is -0.138. The molecule has 8 rings (SSSR count). The maximum Gasteiger partial charge on any atom is 0.260 e. The third kappa shape index (κ3) is 4.96. The van der Waals surface area contributed by atoms with Crippen LogP contribution >= 0.6 is 23.2 Å². The molecular weight excluding hydrogens is 705 g/mol. The summed E-state index contributed by atoms with van der Waals surface area (Å²) in [6, 6.07) is 22.0. The van der Waals surface area contributed by atoms with Crippen molar-refractivity contribution >= 4 is 64.3 Å². The van der Waals surface area contributed by atoms with Gasteiger partial charge in [0.25, 0.3) is 11.8 Å². The second-order valence-corrected chi connectivity index (χ2v) is 14.3. The third-order valence-electron chi connectivity index (χ3n) is 11.1. The van der Waals surface area contributed by atoms with Crippen LogP contribution in [0.5, 0.6) is 5.75 Å². The molecule has 0 unspecified atom stereocenters. The van der Waals surface area contributed by atoms with Crippen molar-refractivity contribution in [2.75, 3.05) is 17.4 Å². The first-order chi connectivity index (χ1) is 25.1. The normalized spacial score (nSPS) is 26.5. The van der Waals surface area contributed by atoms with Crippen molar-refractivity contribution in [3.63, 3.8) is 0 Å². The number of nitrogens with zero attached hydrogens (tertiary/aromatic N) is 2. The molecule has 0 spiro atoms. The number of aliphatic hydroxyl groups excluding tert-OH is 1. The van der Waals surface area contributed by atoms with Gasteiger partial charge < -0.3 is 14.3 Å². The summed E-state index contributed by atoms with van der Waals surface area (Å²) >= 11 is 12.7. The number of hydrogen-bond donors (Lipinski definition) is 2. The average Bonchev–Trinajstić information content (AvgIpc) is 3.80. The summed E-state index contributed by atoms with van der Waals surface area (Å²) in [7, 11) is 1.54. The number of benzene rings is 3. The van der Waals surface area contributed by atoms with E-state index in [4.69, 9.17) is 32.4 Å². The number of carbonyl (C=O) groups is 4. The molecule has 52 heavy (non-hydrogen) atoms. The highest BCUT2D eigenvalue weighted by molar-refractivity contribution is 6.36. The average molecular weight is 739 g/mol. The minimum atomic E-state index is -1.57. The Balaban J connectivity index is 1.30. The van der Waals surface area contributed by atoms with E-state index in [1.54, 1.807) is 78.9 Å². The van der Waals surface area contributed by atoms with E-state index in [1.807, 2.05) is 6.08 Å². The van der Waals surface area contributed by atoms with Crippen molar-refractivity contribution < 1.29 is 33.4 Å². The molecule has 10 nitrogen and oxygen atoms in total. The Kier molecular flexibility index (Phi) is 8.36. The van der Waals surface area contributed by atoms with Gasteiger partial charge in [-0.1, -0.05) is 71.8 Å². The largest absolute Gasteiger partial charge is 0.497 e. The zero-order valence-electron chi connectivity index (χ0n) is 27.9. The number of nitrogens with one attached hydrogen (secondary N) is 1. The molecule has 264 valence electrons. The van der Waals surface area contributed by atoms with E-state index in [0.717, 1.165) is 16.1 Å². The first-order valence-corrected chi connectivity index (χ1v) is 17.6. The van der Waals surface area contributed by atoms with Gasteiger partial charge in [0.15, 0.2) is 0 Å². The van der Waals surface area contributed by atoms with Gasteiger partial charge in [-0.2, -0.15) is 5.01 Å². The molecule has 2 saturated heterocycles. The number of anilines is 2. The number of furan rings is 1. The zero-order valence-corrected chi connectivity index (χ0v) is 29.4. The number of methoxy groups -OCH3 is 1. The van der Waals surface area contributed by atoms with Gasteiger partial charge in [0, 0.05) is 5.02 Å². The molecule has 3 aromatic carbocycles. The predicted octanol–water partition coefficient (Wildman–Crippen LogP) is 6.92. The molecule has 4 amide bonds. The Labute approximate surface area is 309 Å². The van der Waals surface area contributed by atoms with Gasteiger partial charge in [-0.05, 0) is 84.5 Å². The Morgan fingerprint density at radius 3 is 2.37 bits per heavy atom. The van der Waals surface area contributed by atoms with Crippen molar-refractivity contribution in [2.45, 2.75) is 30.8 Å². The van der Waals surface area contributed by atoms with Crippen LogP contribution in [0.2, 0.25) is 10.0 Å². The van der Waals surface area contributed by atoms with Crippen molar-refractivity contribution in [3.05, 3.63) is 130 Å². The van der Waals surface area contributed by atoms with E-state index in [-0.39, 0.29) is 42.0 Å². The lowest BCUT2D eigenvalue weighted by Crippen LogP contribution is -2.53. The standard InChI is InChI=1S/C40H33Cl2N3O7/c1-3-21-4-9-24(10-5-21)44-36(47)28-15-14-27-29(34(28)38(44)49)19-30-37(48)45(43-32-16-8-23(41)18-31(32)42)39(50)40(30,22-6-11-25(51-2)12-7-22)35(27)33-17-13-26(20-46)52-33/h3-14,16-18,28-30,34-35,43,46H,1,15,19-20H2,2H3/t28-,29+,30-,34-,35+,40+/m0/s1. The van der Waals surface area contributed by atoms with Crippen LogP contribution in [0.1, 0.15) is 41.4 Å². The molecule has 3 fully saturated rings. The smallest absolute Gasteiger partial charge is 0.260 e. The summed E-state index contributed by atoms with van der Waals surface area (Å²) in [5, 5.41) is 11.6. The van der Waals surface area contributed by atoms with Crippen LogP contribution in [-0.4, -0.2) is 40.9 Å². The summed E-state index contributed by atoms with van der Waals surface area (Å²) in [5.41, 5.74) is 4.26. The zero-order chi connectivity index (χ0) is 36.5. The van der Waals surface area contributed by atoms with Crippen LogP contribution in [0, 0.1) is 23.7 Å². The van der Waals surface area contributed by atoms with Crippen molar-refractivity contribution in [1.82, 2.24) is 5.01 Å². The van der Waals surface area contributed by atoms with E-state index < -0.39 is 46.8 Å². The van der Waals surface area contributed by atoms with Gasteiger partial charge >= 0.3 is 0 Å². The van der Waals surface area contributed by atoms with Crippen LogP contribution in [0.15, 0.2) is 102 Å². The molecule has 0 radical (unpaired) electrons. The van der Waals surface area contributed by atoms with Gasteiger partial charge in [0.2, 0.25) is 11.8 Å². The van der Waals surface area contributed by atoms with Gasteiger partial charge in [-0.25, -0.2) is 0 Å². The molecule has 1 aromatic heterocycles. The molecule has 0 bridgehead atoms. The highest BCUT2D eigenvalue weighted by Crippen LogP contribution is 2.64. The number of halogens is 2. The summed E-state index contributed by atoms with van der Waals surface area (Å²) < 4.78 is 11.7. The molecule has 3 heterocycles. The number of allylic oxidation sites excluding steroid dienone is 2. The monoisotopic (exact) mass is 737 g/mol. The Bertz CT molecular complexity index is 2180. The molecule has 1 saturated carbocycles. The molecule has 4 aliphatic rings. The fourth-order valence-corrected chi connectivity index (χ4v) is 9.25. The van der Waals surface area contributed by atoms with Gasteiger partial charge in [-0.3, -0.25) is 29.5 Å². The van der Waals surface area contributed by atoms with E-state index in [1.165, 1.54) is 18.1 Å². The van der Waals surface area contributed by atoms with E-state index >= 15 is 4.79 Å². The number of amides is 4. The molecule has 4 aromatic rings. The fraction of sp³-hybridized carbons (Fsp3) is 0.250. The van der Waals surface area contributed by atoms with E-state index in [0.29, 0.717) is 33.5 Å². The number of ether oxygens (including phenoxy) is 1. The predicted molar refractivity (Wildman–Crippen MR) is 194 cm³/mol. The SMILES string of the molecule is C=Cc1ccc(N2C(=O)[C@H]3[C@H](CC=C4[C@H]3C[C@H]3C(=O)N(Nc5ccc(Cl)cc5Cl)C(=O)[C@@]3(c3ccc(OC)cc3)[C@H]4c3ccc(CO)o3)C2=O)cc1. The minimum Gasteiger partial charge on any atom is -0.497 e. The maximum absolute atomic E-state index is 15.3. The van der Waals surface area contributed by atoms with Crippen LogP contribution in [0.25, 0.3) is 6.08 Å². The summed E-state index contributed by atoms with van der Waals surface area (Å²) in [4.78, 5) is 59.8. The topological polar surface area (TPSA) is 129 Å². The third-order valence-corrected chi connectivity index (χ3v) is 11.6. The molecule has 2 N–H and O–H groups in total. The number of imide groups is 2. The number of rotatable bonds is 8. The van der Waals surface area contributed by atoms with Crippen molar-refractivity contribution in [3.8, 4) is 5.75 Å². The maximum atomic E-state index is 15.3. The first-order valence-electron chi connectivity index (χ1n) is 16.9. The number of hydrogen-bond acceptors (Lipinski definition) is 8. The number of hydrazine groups is 1. The molecular formula is C40H33Cl2N3O7. The quantitative estimate of drug-likeness (QED) is 0.147. The van der Waals surface area contributed by atoms with Crippen molar-refractivity contribution in [1.29, 1.82) is 0 Å². The van der Waals surface area contributed by atoms with E-state index in [9.17, 15) is 19.5 Å². The highest BCUT2D eigenvalue weighted by Gasteiger charge is 2.71. The Morgan fingerprint density at radius 2 is 1.71 bits per heavy atom. The fourth-order valence-electron chi connectivity index (χ4n) is 8.80.